The zero-order valence-electron chi connectivity index (χ0n) is 15.1. The topological polar surface area (TPSA) is 64.0 Å². The van der Waals surface area contributed by atoms with Crippen molar-refractivity contribution < 1.29 is 9.59 Å². The molecule has 0 aliphatic heterocycles. The molecule has 0 saturated carbocycles. The lowest BCUT2D eigenvalue weighted by Gasteiger charge is -2.05. The molecule has 134 valence electrons. The van der Waals surface area contributed by atoms with Crippen LogP contribution in [0, 0.1) is 6.92 Å². The van der Waals surface area contributed by atoms with Gasteiger partial charge >= 0.3 is 0 Å². The average Bonchev–Trinajstić information content (AvgIpc) is 3.21. The SMILES string of the molecule is CCCc1cc(C(=O)Nc2ccc(C(=O)c3nccn3C)cc2)sc1C. The van der Waals surface area contributed by atoms with Gasteiger partial charge in [0.05, 0.1) is 4.88 Å². The van der Waals surface area contributed by atoms with E-state index in [2.05, 4.69) is 17.2 Å². The van der Waals surface area contributed by atoms with E-state index in [4.69, 9.17) is 0 Å². The molecule has 3 rings (SSSR count). The second kappa shape index (κ2) is 7.66. The first-order valence-corrected chi connectivity index (χ1v) is 9.34. The monoisotopic (exact) mass is 367 g/mol. The van der Waals surface area contributed by atoms with Crippen molar-refractivity contribution in [2.24, 2.45) is 7.05 Å². The van der Waals surface area contributed by atoms with Gasteiger partial charge in [0.25, 0.3) is 5.91 Å². The van der Waals surface area contributed by atoms with Crippen LogP contribution in [0.15, 0.2) is 42.7 Å². The van der Waals surface area contributed by atoms with Crippen LogP contribution in [0.5, 0.6) is 0 Å². The third kappa shape index (κ3) is 3.75. The average molecular weight is 367 g/mol. The summed E-state index contributed by atoms with van der Waals surface area (Å²) in [6, 6.07) is 8.85. The Morgan fingerprint density at radius 3 is 2.58 bits per heavy atom. The van der Waals surface area contributed by atoms with E-state index < -0.39 is 0 Å². The number of anilines is 1. The van der Waals surface area contributed by atoms with Crippen molar-refractivity contribution in [3.8, 4) is 0 Å². The van der Waals surface area contributed by atoms with Crippen molar-refractivity contribution in [1.29, 1.82) is 0 Å². The highest BCUT2D eigenvalue weighted by atomic mass is 32.1. The van der Waals surface area contributed by atoms with Crippen molar-refractivity contribution in [2.75, 3.05) is 5.32 Å². The van der Waals surface area contributed by atoms with Gasteiger partial charge in [-0.05, 0) is 49.2 Å². The Balaban J connectivity index is 1.71. The summed E-state index contributed by atoms with van der Waals surface area (Å²) < 4.78 is 1.69. The number of hydrogen-bond acceptors (Lipinski definition) is 4. The molecule has 0 atom stereocenters. The van der Waals surface area contributed by atoms with Crippen LogP contribution >= 0.6 is 11.3 Å². The van der Waals surface area contributed by atoms with Gasteiger partial charge in [-0.2, -0.15) is 0 Å². The van der Waals surface area contributed by atoms with Crippen LogP contribution in [0.3, 0.4) is 0 Å². The fourth-order valence-corrected chi connectivity index (χ4v) is 3.73. The second-order valence-corrected chi connectivity index (χ2v) is 7.42. The predicted octanol–water partition coefficient (Wildman–Crippen LogP) is 4.23. The maximum Gasteiger partial charge on any atom is 0.265 e. The number of ketones is 1. The number of carbonyl (C=O) groups excluding carboxylic acids is 2. The quantitative estimate of drug-likeness (QED) is 0.663. The van der Waals surface area contributed by atoms with Crippen LogP contribution in [0.2, 0.25) is 0 Å². The minimum absolute atomic E-state index is 0.122. The molecule has 6 heteroatoms. The lowest BCUT2D eigenvalue weighted by atomic mass is 10.1. The predicted molar refractivity (Wildman–Crippen MR) is 104 cm³/mol. The van der Waals surface area contributed by atoms with E-state index >= 15 is 0 Å². The van der Waals surface area contributed by atoms with Crippen molar-refractivity contribution in [3.05, 3.63) is 69.4 Å². The van der Waals surface area contributed by atoms with Gasteiger partial charge < -0.3 is 9.88 Å². The molecule has 0 radical (unpaired) electrons. The molecule has 0 aliphatic rings. The van der Waals surface area contributed by atoms with Crippen LogP contribution in [0.1, 0.15) is 49.6 Å². The van der Waals surface area contributed by atoms with E-state index in [1.807, 2.05) is 13.0 Å². The van der Waals surface area contributed by atoms with E-state index in [0.717, 1.165) is 12.8 Å². The standard InChI is InChI=1S/C20H21N3O2S/c1-4-5-15-12-17(26-13(15)2)20(25)22-16-8-6-14(7-9-16)18(24)19-21-10-11-23(19)3/h6-12H,4-5H2,1-3H3,(H,22,25). The van der Waals surface area contributed by atoms with Gasteiger partial charge in [-0.15, -0.1) is 11.3 Å². The smallest absolute Gasteiger partial charge is 0.265 e. The van der Waals surface area contributed by atoms with E-state index in [9.17, 15) is 9.59 Å². The summed E-state index contributed by atoms with van der Waals surface area (Å²) >= 11 is 1.51. The summed E-state index contributed by atoms with van der Waals surface area (Å²) in [5.74, 6) is 0.122. The van der Waals surface area contributed by atoms with Gasteiger partial charge in [-0.25, -0.2) is 4.98 Å². The Morgan fingerprint density at radius 2 is 1.96 bits per heavy atom. The molecule has 0 bridgehead atoms. The summed E-state index contributed by atoms with van der Waals surface area (Å²) in [5.41, 5.74) is 2.43. The normalized spacial score (nSPS) is 10.7. The number of rotatable bonds is 6. The van der Waals surface area contributed by atoms with Crippen LogP contribution in [0.25, 0.3) is 0 Å². The van der Waals surface area contributed by atoms with E-state index in [1.165, 1.54) is 21.8 Å². The minimum atomic E-state index is -0.145. The van der Waals surface area contributed by atoms with Gasteiger partial charge in [0.1, 0.15) is 0 Å². The first-order chi connectivity index (χ1) is 12.5. The van der Waals surface area contributed by atoms with Crippen molar-refractivity contribution in [1.82, 2.24) is 9.55 Å². The Bertz CT molecular complexity index is 938. The lowest BCUT2D eigenvalue weighted by molar-refractivity contribution is 0.102. The lowest BCUT2D eigenvalue weighted by Crippen LogP contribution is -2.11. The highest BCUT2D eigenvalue weighted by Crippen LogP contribution is 2.24. The van der Waals surface area contributed by atoms with E-state index in [-0.39, 0.29) is 11.7 Å². The summed E-state index contributed by atoms with van der Waals surface area (Å²) in [5, 5.41) is 2.89. The number of nitrogens with zero attached hydrogens (tertiary/aromatic N) is 2. The number of hydrogen-bond donors (Lipinski definition) is 1. The molecular weight excluding hydrogens is 346 g/mol. The molecule has 0 aliphatic carbocycles. The molecule has 1 amide bonds. The number of aryl methyl sites for hydroxylation is 3. The highest BCUT2D eigenvalue weighted by Gasteiger charge is 2.15. The zero-order chi connectivity index (χ0) is 18.7. The number of carbonyl (C=O) groups is 2. The van der Waals surface area contributed by atoms with Crippen LogP contribution < -0.4 is 5.32 Å². The van der Waals surface area contributed by atoms with E-state index in [0.29, 0.717) is 22.0 Å². The van der Waals surface area contributed by atoms with Crippen molar-refractivity contribution >= 4 is 28.7 Å². The number of thiophene rings is 1. The Morgan fingerprint density at radius 1 is 1.23 bits per heavy atom. The number of benzene rings is 1. The molecule has 26 heavy (non-hydrogen) atoms. The van der Waals surface area contributed by atoms with Crippen molar-refractivity contribution in [3.63, 3.8) is 0 Å². The third-order valence-corrected chi connectivity index (χ3v) is 5.28. The van der Waals surface area contributed by atoms with Gasteiger partial charge in [-0.3, -0.25) is 9.59 Å². The molecule has 5 nitrogen and oxygen atoms in total. The fourth-order valence-electron chi connectivity index (χ4n) is 2.76. The first-order valence-electron chi connectivity index (χ1n) is 8.52. The molecule has 0 spiro atoms. The summed E-state index contributed by atoms with van der Waals surface area (Å²) in [6.45, 7) is 4.18. The number of amides is 1. The number of imidazole rings is 1. The summed E-state index contributed by atoms with van der Waals surface area (Å²) in [7, 11) is 1.78. The highest BCUT2D eigenvalue weighted by molar-refractivity contribution is 7.14. The molecule has 0 saturated heterocycles. The maximum absolute atomic E-state index is 12.5. The third-order valence-electron chi connectivity index (χ3n) is 4.19. The van der Waals surface area contributed by atoms with Crippen LogP contribution in [-0.4, -0.2) is 21.2 Å². The number of aromatic nitrogens is 2. The molecule has 1 N–H and O–H groups in total. The molecule has 3 aromatic rings. The first kappa shape index (κ1) is 18.1. The summed E-state index contributed by atoms with van der Waals surface area (Å²) in [4.78, 5) is 30.8. The van der Waals surface area contributed by atoms with Crippen LogP contribution in [-0.2, 0) is 13.5 Å². The molecule has 0 fully saturated rings. The van der Waals surface area contributed by atoms with E-state index in [1.54, 1.807) is 48.3 Å². The molecule has 2 aromatic heterocycles. The van der Waals surface area contributed by atoms with Gasteiger partial charge in [0, 0.05) is 35.6 Å². The Labute approximate surface area is 156 Å². The molecule has 1 aromatic carbocycles. The largest absolute Gasteiger partial charge is 0.331 e. The zero-order valence-corrected chi connectivity index (χ0v) is 15.9. The van der Waals surface area contributed by atoms with Crippen LogP contribution in [0.4, 0.5) is 5.69 Å². The minimum Gasteiger partial charge on any atom is -0.331 e. The van der Waals surface area contributed by atoms with Gasteiger partial charge in [-0.1, -0.05) is 13.3 Å². The number of nitrogens with one attached hydrogen (secondary N) is 1. The fraction of sp³-hybridized carbons (Fsp3) is 0.250. The molecule has 2 heterocycles. The Kier molecular flexibility index (Phi) is 5.32. The molecule has 0 unspecified atom stereocenters. The molecular formula is C20H21N3O2S. The van der Waals surface area contributed by atoms with Gasteiger partial charge in [0.2, 0.25) is 5.78 Å². The maximum atomic E-state index is 12.5. The second-order valence-electron chi connectivity index (χ2n) is 6.16. The Hall–Kier alpha value is -2.73. The summed E-state index contributed by atoms with van der Waals surface area (Å²) in [6.07, 6.45) is 5.37. The van der Waals surface area contributed by atoms with Gasteiger partial charge in [0.15, 0.2) is 5.82 Å². The van der Waals surface area contributed by atoms with Crippen molar-refractivity contribution in [2.45, 2.75) is 26.7 Å².